The summed E-state index contributed by atoms with van der Waals surface area (Å²) >= 11 is 0. The number of ether oxygens (including phenoxy) is 3. The maximum atomic E-state index is 12.9. The minimum atomic E-state index is -0.814. The maximum Gasteiger partial charge on any atom is 0.306 e. The van der Waals surface area contributed by atoms with Gasteiger partial charge in [0.1, 0.15) is 13.2 Å². The van der Waals surface area contributed by atoms with Crippen molar-refractivity contribution in [2.45, 2.75) is 361 Å². The first kappa shape index (κ1) is 75.8. The van der Waals surface area contributed by atoms with E-state index in [0.29, 0.717) is 19.3 Å². The molecule has 0 spiro atoms. The van der Waals surface area contributed by atoms with Gasteiger partial charge in [-0.3, -0.25) is 14.4 Å². The molecule has 0 bridgehead atoms. The lowest BCUT2D eigenvalue weighted by Crippen LogP contribution is -2.30. The third kappa shape index (κ3) is 65.5. The Morgan fingerprint density at radius 2 is 0.494 bits per heavy atom. The van der Waals surface area contributed by atoms with Crippen molar-refractivity contribution in [1.29, 1.82) is 0 Å². The summed E-state index contributed by atoms with van der Waals surface area (Å²) in [5.41, 5.74) is 0. The van der Waals surface area contributed by atoms with Gasteiger partial charge in [0.25, 0.3) is 0 Å². The van der Waals surface area contributed by atoms with Gasteiger partial charge in [-0.2, -0.15) is 0 Å². The first-order chi connectivity index (χ1) is 39.0. The van der Waals surface area contributed by atoms with Crippen LogP contribution in [0.4, 0.5) is 0 Å². The van der Waals surface area contributed by atoms with Crippen LogP contribution in [0.5, 0.6) is 0 Å². The van der Waals surface area contributed by atoms with Crippen molar-refractivity contribution in [2.24, 2.45) is 0 Å². The predicted octanol–water partition coefficient (Wildman–Crippen LogP) is 23.7. The molecule has 0 aromatic rings. The molecule has 0 aliphatic rings. The van der Waals surface area contributed by atoms with E-state index in [1.165, 1.54) is 231 Å². The smallest absolute Gasteiger partial charge is 0.306 e. The molecule has 0 fully saturated rings. The minimum absolute atomic E-state index is 0.101. The number of esters is 3. The number of carbonyl (C=O) groups excluding carboxylic acids is 3. The Kier molecular flexibility index (Phi) is 64.7. The van der Waals surface area contributed by atoms with Gasteiger partial charge in [0.2, 0.25) is 0 Å². The Morgan fingerprint density at radius 1 is 0.266 bits per heavy atom. The Balaban J connectivity index is 4.26. The highest BCUT2D eigenvalue weighted by Gasteiger charge is 2.19. The molecule has 458 valence electrons. The van der Waals surface area contributed by atoms with E-state index in [1.807, 2.05) is 6.08 Å². The summed E-state index contributed by atoms with van der Waals surface area (Å²) in [6.45, 7) is 6.52. The standard InChI is InChI=1S/C73H130O6/c1-4-7-10-13-16-19-22-25-27-29-31-32-33-34-35-36-37-38-39-40-42-43-45-48-51-54-57-60-63-66-72(75)78-69-70(68-77-71(74)65-62-59-56-53-50-47-24-21-18-15-12-9-6-3)79-73(76)67-64-61-58-55-52-49-46-44-41-30-28-26-23-20-17-14-11-8-5-2/h8,11,17,20,26,28,41,44,49,52,58,61,70H,4-7,9-10,12-16,18-19,21-25,27,29-40,42-43,45-48,50-51,53-57,59-60,62-69H2,1-3H3/b11-8-,20-17-,28-26-,44-41-,52-49-,61-58-. The zero-order chi connectivity index (χ0) is 57.1. The van der Waals surface area contributed by atoms with Crippen LogP contribution in [-0.2, 0) is 28.6 Å². The van der Waals surface area contributed by atoms with E-state index in [1.54, 1.807) is 0 Å². The SMILES string of the molecule is CC/C=C\C/C=C\C/C=C\C/C=C\C/C=C\C/C=C\CCC(=O)OC(COC(=O)CCCCCCCCCCCCCCC)COC(=O)CCCCCCCCCCCCCCCCCCCCCCCCCCCCCCC. The van der Waals surface area contributed by atoms with Crippen LogP contribution >= 0.6 is 0 Å². The molecule has 0 aromatic carbocycles. The minimum Gasteiger partial charge on any atom is -0.462 e. The van der Waals surface area contributed by atoms with Crippen LogP contribution in [0, 0.1) is 0 Å². The van der Waals surface area contributed by atoms with Gasteiger partial charge in [-0.25, -0.2) is 0 Å². The van der Waals surface area contributed by atoms with Crippen molar-refractivity contribution < 1.29 is 28.6 Å². The van der Waals surface area contributed by atoms with Crippen molar-refractivity contribution >= 4 is 17.9 Å². The average Bonchev–Trinajstić information content (AvgIpc) is 3.45. The van der Waals surface area contributed by atoms with E-state index in [0.717, 1.165) is 77.0 Å². The van der Waals surface area contributed by atoms with Crippen LogP contribution in [0.3, 0.4) is 0 Å². The quantitative estimate of drug-likeness (QED) is 0.0261. The van der Waals surface area contributed by atoms with E-state index in [-0.39, 0.29) is 37.5 Å². The van der Waals surface area contributed by atoms with Crippen molar-refractivity contribution in [1.82, 2.24) is 0 Å². The molecule has 0 rings (SSSR count). The highest BCUT2D eigenvalue weighted by Crippen LogP contribution is 2.18. The second kappa shape index (κ2) is 67.4. The molecule has 0 N–H and O–H groups in total. The fraction of sp³-hybridized carbons (Fsp3) is 0.795. The predicted molar refractivity (Wildman–Crippen MR) is 344 cm³/mol. The molecule has 1 atom stereocenters. The van der Waals surface area contributed by atoms with Crippen molar-refractivity contribution in [2.75, 3.05) is 13.2 Å². The fourth-order valence-corrected chi connectivity index (χ4v) is 10.1. The van der Waals surface area contributed by atoms with Crippen molar-refractivity contribution in [3.05, 3.63) is 72.9 Å². The van der Waals surface area contributed by atoms with Crippen LogP contribution in [-0.4, -0.2) is 37.2 Å². The van der Waals surface area contributed by atoms with Crippen LogP contribution in [0.2, 0.25) is 0 Å². The van der Waals surface area contributed by atoms with Crippen molar-refractivity contribution in [3.8, 4) is 0 Å². The van der Waals surface area contributed by atoms with E-state index in [9.17, 15) is 14.4 Å². The topological polar surface area (TPSA) is 78.9 Å². The van der Waals surface area contributed by atoms with Gasteiger partial charge in [-0.05, 0) is 57.8 Å². The molecular weight excluding hydrogens is 973 g/mol. The number of allylic oxidation sites excluding steroid dienone is 12. The summed E-state index contributed by atoms with van der Waals surface area (Å²) in [6.07, 6.45) is 88.1. The monoisotopic (exact) mass is 1100 g/mol. The van der Waals surface area contributed by atoms with Gasteiger partial charge < -0.3 is 14.2 Å². The van der Waals surface area contributed by atoms with Crippen LogP contribution in [0.15, 0.2) is 72.9 Å². The number of unbranched alkanes of at least 4 members (excludes halogenated alkanes) is 40. The summed E-state index contributed by atoms with van der Waals surface area (Å²) in [7, 11) is 0. The molecule has 6 nitrogen and oxygen atoms in total. The number of carbonyl (C=O) groups is 3. The number of hydrogen-bond acceptors (Lipinski definition) is 6. The first-order valence-corrected chi connectivity index (χ1v) is 34.4. The van der Waals surface area contributed by atoms with Crippen LogP contribution < -0.4 is 0 Å². The molecule has 0 aromatic heterocycles. The Morgan fingerprint density at radius 3 is 0.747 bits per heavy atom. The summed E-state index contributed by atoms with van der Waals surface area (Å²) in [4.78, 5) is 38.3. The van der Waals surface area contributed by atoms with Gasteiger partial charge in [0.05, 0.1) is 0 Å². The molecule has 0 saturated carbocycles. The first-order valence-electron chi connectivity index (χ1n) is 34.4. The zero-order valence-corrected chi connectivity index (χ0v) is 52.6. The van der Waals surface area contributed by atoms with E-state index < -0.39 is 6.10 Å². The molecule has 0 saturated heterocycles. The molecule has 1 unspecified atom stereocenters. The molecule has 6 heteroatoms. The summed E-state index contributed by atoms with van der Waals surface area (Å²) in [6, 6.07) is 0. The second-order valence-corrected chi connectivity index (χ2v) is 23.1. The molecule has 0 aliphatic carbocycles. The number of hydrogen-bond donors (Lipinski definition) is 0. The largest absolute Gasteiger partial charge is 0.462 e. The summed E-state index contributed by atoms with van der Waals surface area (Å²) < 4.78 is 16.9. The van der Waals surface area contributed by atoms with Gasteiger partial charge in [-0.1, -0.05) is 351 Å². The molecule has 0 aliphatic heterocycles. The fourth-order valence-electron chi connectivity index (χ4n) is 10.1. The molecule has 0 heterocycles. The maximum absolute atomic E-state index is 12.9. The van der Waals surface area contributed by atoms with Gasteiger partial charge >= 0.3 is 17.9 Å². The molecule has 0 amide bonds. The van der Waals surface area contributed by atoms with E-state index >= 15 is 0 Å². The molecule has 79 heavy (non-hydrogen) atoms. The van der Waals surface area contributed by atoms with Crippen molar-refractivity contribution in [3.63, 3.8) is 0 Å². The van der Waals surface area contributed by atoms with Gasteiger partial charge in [-0.15, -0.1) is 0 Å². The van der Waals surface area contributed by atoms with Crippen LogP contribution in [0.25, 0.3) is 0 Å². The highest BCUT2D eigenvalue weighted by atomic mass is 16.6. The van der Waals surface area contributed by atoms with Gasteiger partial charge in [0, 0.05) is 19.3 Å². The van der Waals surface area contributed by atoms with Gasteiger partial charge in [0.15, 0.2) is 6.10 Å². The Bertz CT molecular complexity index is 1450. The Hall–Kier alpha value is -3.15. The summed E-state index contributed by atoms with van der Waals surface area (Å²) in [5.74, 6) is -0.967. The lowest BCUT2D eigenvalue weighted by atomic mass is 10.0. The molecular formula is C73H130O6. The van der Waals surface area contributed by atoms with Crippen LogP contribution in [0.1, 0.15) is 355 Å². The summed E-state index contributed by atoms with van der Waals surface area (Å²) in [5, 5.41) is 0. The Labute approximate surface area is 491 Å². The second-order valence-electron chi connectivity index (χ2n) is 23.1. The average molecular weight is 1100 g/mol. The highest BCUT2D eigenvalue weighted by molar-refractivity contribution is 5.71. The lowest BCUT2D eigenvalue weighted by Gasteiger charge is -2.18. The van der Waals surface area contributed by atoms with E-state index in [4.69, 9.17) is 14.2 Å². The zero-order valence-electron chi connectivity index (χ0n) is 52.6. The third-order valence-corrected chi connectivity index (χ3v) is 15.2. The normalized spacial score (nSPS) is 12.5. The number of rotatable bonds is 63. The third-order valence-electron chi connectivity index (χ3n) is 15.2. The lowest BCUT2D eigenvalue weighted by molar-refractivity contribution is -0.166. The molecule has 0 radical (unpaired) electrons. The van der Waals surface area contributed by atoms with E-state index in [2.05, 4.69) is 87.6 Å².